The summed E-state index contributed by atoms with van der Waals surface area (Å²) >= 11 is 1.44. The number of carbonyl (C=O) groups is 1. The Morgan fingerprint density at radius 1 is 0.875 bits per heavy atom. The van der Waals surface area contributed by atoms with Gasteiger partial charge in [-0.2, -0.15) is 0 Å². The standard InChI is InChI=1S/C23H29N3O5S/c1-25(2)10-7-11-26(22(27)15-8-9-17(28-3)18(12-15)29-4)23-24-16-13-19(30-5)20(31-6)14-21(16)32-23/h8-9,12-14H,7,10-11H2,1-6H3. The van der Waals surface area contributed by atoms with Crippen LogP contribution in [-0.2, 0) is 0 Å². The van der Waals surface area contributed by atoms with E-state index in [0.717, 1.165) is 23.2 Å². The third kappa shape index (κ3) is 5.05. The summed E-state index contributed by atoms with van der Waals surface area (Å²) in [6.07, 6.45) is 0.800. The minimum atomic E-state index is -0.150. The van der Waals surface area contributed by atoms with Gasteiger partial charge in [0.2, 0.25) is 0 Å². The summed E-state index contributed by atoms with van der Waals surface area (Å²) in [5.74, 6) is 2.15. The molecule has 3 rings (SSSR count). The first-order chi connectivity index (χ1) is 15.4. The Kier molecular flexibility index (Phi) is 7.76. The monoisotopic (exact) mass is 459 g/mol. The SMILES string of the molecule is COc1ccc(C(=O)N(CCCN(C)C)c2nc3cc(OC)c(OC)cc3s2)cc1OC. The molecule has 32 heavy (non-hydrogen) atoms. The van der Waals surface area contributed by atoms with Gasteiger partial charge in [-0.3, -0.25) is 9.69 Å². The molecule has 0 unspecified atom stereocenters. The molecular weight excluding hydrogens is 430 g/mol. The molecule has 8 nitrogen and oxygen atoms in total. The van der Waals surface area contributed by atoms with Crippen LogP contribution in [0.3, 0.4) is 0 Å². The van der Waals surface area contributed by atoms with Gasteiger partial charge in [-0.15, -0.1) is 0 Å². The Morgan fingerprint density at radius 3 is 2.12 bits per heavy atom. The quantitative estimate of drug-likeness (QED) is 0.455. The molecule has 0 N–H and O–H groups in total. The molecule has 0 aliphatic rings. The van der Waals surface area contributed by atoms with Gasteiger partial charge in [-0.05, 0) is 45.3 Å². The Balaban J connectivity index is 2.01. The molecule has 0 bridgehead atoms. The molecule has 1 heterocycles. The largest absolute Gasteiger partial charge is 0.493 e. The van der Waals surface area contributed by atoms with Gasteiger partial charge in [0.15, 0.2) is 28.1 Å². The molecule has 1 amide bonds. The molecule has 0 spiro atoms. The topological polar surface area (TPSA) is 73.4 Å². The van der Waals surface area contributed by atoms with E-state index >= 15 is 0 Å². The summed E-state index contributed by atoms with van der Waals surface area (Å²) in [5.41, 5.74) is 1.25. The van der Waals surface area contributed by atoms with Gasteiger partial charge in [-0.1, -0.05) is 11.3 Å². The molecule has 0 saturated heterocycles. The average molecular weight is 460 g/mol. The highest BCUT2D eigenvalue weighted by Crippen LogP contribution is 2.38. The molecular formula is C23H29N3O5S. The lowest BCUT2D eigenvalue weighted by molar-refractivity contribution is 0.0985. The highest BCUT2D eigenvalue weighted by Gasteiger charge is 2.23. The van der Waals surface area contributed by atoms with Crippen LogP contribution in [0.15, 0.2) is 30.3 Å². The maximum Gasteiger partial charge on any atom is 0.260 e. The number of hydrogen-bond acceptors (Lipinski definition) is 8. The van der Waals surface area contributed by atoms with E-state index in [0.29, 0.717) is 40.2 Å². The number of fused-ring (bicyclic) bond motifs is 1. The molecule has 172 valence electrons. The van der Waals surface area contributed by atoms with Crippen molar-refractivity contribution in [2.24, 2.45) is 0 Å². The van der Waals surface area contributed by atoms with Gasteiger partial charge in [-0.25, -0.2) is 4.98 Å². The van der Waals surface area contributed by atoms with Crippen LogP contribution < -0.4 is 23.8 Å². The van der Waals surface area contributed by atoms with Crippen LogP contribution in [-0.4, -0.2) is 71.4 Å². The molecule has 0 atom stereocenters. The van der Waals surface area contributed by atoms with Crippen molar-refractivity contribution in [3.8, 4) is 23.0 Å². The fourth-order valence-electron chi connectivity index (χ4n) is 3.31. The lowest BCUT2D eigenvalue weighted by atomic mass is 10.1. The third-order valence-corrected chi connectivity index (χ3v) is 6.02. The smallest absolute Gasteiger partial charge is 0.260 e. The summed E-state index contributed by atoms with van der Waals surface area (Å²) in [7, 11) is 10.3. The summed E-state index contributed by atoms with van der Waals surface area (Å²) in [5, 5.41) is 0.619. The number of carbonyl (C=O) groups excluding carboxylic acids is 1. The maximum absolute atomic E-state index is 13.5. The van der Waals surface area contributed by atoms with Crippen molar-refractivity contribution in [3.63, 3.8) is 0 Å². The van der Waals surface area contributed by atoms with E-state index in [1.807, 2.05) is 26.2 Å². The van der Waals surface area contributed by atoms with Crippen molar-refractivity contribution in [1.29, 1.82) is 0 Å². The fraction of sp³-hybridized carbons (Fsp3) is 0.391. The van der Waals surface area contributed by atoms with Crippen LogP contribution in [0.2, 0.25) is 0 Å². The van der Waals surface area contributed by atoms with E-state index < -0.39 is 0 Å². The first-order valence-corrected chi connectivity index (χ1v) is 10.9. The molecule has 0 aliphatic heterocycles. The zero-order valence-electron chi connectivity index (χ0n) is 19.3. The fourth-order valence-corrected chi connectivity index (χ4v) is 4.31. The summed E-state index contributed by atoms with van der Waals surface area (Å²) in [4.78, 5) is 22.1. The Hall–Kier alpha value is -3.04. The van der Waals surface area contributed by atoms with Crippen molar-refractivity contribution >= 4 is 32.6 Å². The zero-order valence-corrected chi connectivity index (χ0v) is 20.1. The van der Waals surface area contributed by atoms with Crippen LogP contribution in [0, 0.1) is 0 Å². The Bertz CT molecular complexity index is 1040. The van der Waals surface area contributed by atoms with Crippen molar-refractivity contribution < 1.29 is 23.7 Å². The van der Waals surface area contributed by atoms with E-state index in [1.165, 1.54) is 11.3 Å². The van der Waals surface area contributed by atoms with E-state index in [1.54, 1.807) is 51.5 Å². The average Bonchev–Trinajstić information content (AvgIpc) is 3.22. The number of amides is 1. The number of aromatic nitrogens is 1. The van der Waals surface area contributed by atoms with Crippen molar-refractivity contribution in [2.45, 2.75) is 6.42 Å². The zero-order chi connectivity index (χ0) is 23.3. The molecule has 9 heteroatoms. The number of hydrogen-bond donors (Lipinski definition) is 0. The van der Waals surface area contributed by atoms with Crippen LogP contribution in [0.4, 0.5) is 5.13 Å². The van der Waals surface area contributed by atoms with E-state index in [-0.39, 0.29) is 5.91 Å². The number of rotatable bonds is 10. The summed E-state index contributed by atoms with van der Waals surface area (Å²) in [6.45, 7) is 1.38. The second-order valence-corrected chi connectivity index (χ2v) is 8.36. The first kappa shape index (κ1) is 23.6. The van der Waals surface area contributed by atoms with Gasteiger partial charge >= 0.3 is 0 Å². The predicted octanol–water partition coefficient (Wildman–Crippen LogP) is 3.93. The number of ether oxygens (including phenoxy) is 4. The second-order valence-electron chi connectivity index (χ2n) is 7.35. The minimum absolute atomic E-state index is 0.150. The van der Waals surface area contributed by atoms with Crippen molar-refractivity contribution in [2.75, 3.05) is 60.5 Å². The van der Waals surface area contributed by atoms with Crippen LogP contribution in [0.1, 0.15) is 16.8 Å². The van der Waals surface area contributed by atoms with Crippen LogP contribution >= 0.6 is 11.3 Å². The normalized spacial score (nSPS) is 11.0. The lowest BCUT2D eigenvalue weighted by Gasteiger charge is -2.21. The Labute approximate surface area is 192 Å². The van der Waals surface area contributed by atoms with E-state index in [9.17, 15) is 4.79 Å². The van der Waals surface area contributed by atoms with E-state index in [2.05, 4.69) is 4.90 Å². The molecule has 0 saturated carbocycles. The highest BCUT2D eigenvalue weighted by molar-refractivity contribution is 7.22. The van der Waals surface area contributed by atoms with Crippen LogP contribution in [0.25, 0.3) is 10.2 Å². The molecule has 2 aromatic carbocycles. The predicted molar refractivity (Wildman–Crippen MR) is 127 cm³/mol. The molecule has 0 aliphatic carbocycles. The van der Waals surface area contributed by atoms with Crippen LogP contribution in [0.5, 0.6) is 23.0 Å². The number of thiazole rings is 1. The summed E-state index contributed by atoms with van der Waals surface area (Å²) < 4.78 is 22.4. The number of nitrogens with zero attached hydrogens (tertiary/aromatic N) is 3. The van der Waals surface area contributed by atoms with Gasteiger partial charge in [0.05, 0.1) is 38.7 Å². The number of methoxy groups -OCH3 is 4. The maximum atomic E-state index is 13.5. The van der Waals surface area contributed by atoms with E-state index in [4.69, 9.17) is 23.9 Å². The second kappa shape index (κ2) is 10.5. The van der Waals surface area contributed by atoms with Gasteiger partial charge in [0.25, 0.3) is 5.91 Å². The number of benzene rings is 2. The van der Waals surface area contributed by atoms with Gasteiger partial charge in [0, 0.05) is 24.2 Å². The van der Waals surface area contributed by atoms with Crippen molar-refractivity contribution in [3.05, 3.63) is 35.9 Å². The molecule has 3 aromatic rings. The molecule has 0 fully saturated rings. The number of anilines is 1. The lowest BCUT2D eigenvalue weighted by Crippen LogP contribution is -2.33. The third-order valence-electron chi connectivity index (χ3n) is 4.98. The molecule has 1 aromatic heterocycles. The highest BCUT2D eigenvalue weighted by atomic mass is 32.1. The summed E-state index contributed by atoms with van der Waals surface area (Å²) in [6, 6.07) is 8.88. The first-order valence-electron chi connectivity index (χ1n) is 10.1. The molecule has 0 radical (unpaired) electrons. The minimum Gasteiger partial charge on any atom is -0.493 e. The van der Waals surface area contributed by atoms with Crippen molar-refractivity contribution in [1.82, 2.24) is 9.88 Å². The van der Waals surface area contributed by atoms with Gasteiger partial charge < -0.3 is 23.8 Å². The van der Waals surface area contributed by atoms with Gasteiger partial charge in [0.1, 0.15) is 0 Å². The Morgan fingerprint density at radius 2 is 1.50 bits per heavy atom.